The Labute approximate surface area is 175 Å². The van der Waals surface area contributed by atoms with Gasteiger partial charge in [-0.25, -0.2) is 0 Å². The topological polar surface area (TPSA) is 85.1 Å². The molecule has 8 heteroatoms. The Kier molecular flexibility index (Phi) is 5.46. The normalized spacial score (nSPS) is 11.0. The van der Waals surface area contributed by atoms with Gasteiger partial charge >= 0.3 is 0 Å². The van der Waals surface area contributed by atoms with Crippen LogP contribution < -0.4 is 10.7 Å². The van der Waals surface area contributed by atoms with Gasteiger partial charge in [-0.1, -0.05) is 59.5 Å². The minimum Gasteiger partial charge on any atom is -0.450 e. The summed E-state index contributed by atoms with van der Waals surface area (Å²) < 4.78 is 6.46. The Morgan fingerprint density at radius 1 is 1.14 bits per heavy atom. The minimum atomic E-state index is -0.528. The lowest BCUT2D eigenvalue weighted by Gasteiger charge is -2.06. The molecule has 0 unspecified atom stereocenters. The van der Waals surface area contributed by atoms with E-state index < -0.39 is 5.91 Å². The third kappa shape index (κ3) is 4.38. The molecule has 0 saturated carbocycles. The van der Waals surface area contributed by atoms with Crippen LogP contribution in [0.15, 0.2) is 62.1 Å². The first-order valence-electron chi connectivity index (χ1n) is 8.86. The average Bonchev–Trinajstić information content (AvgIpc) is 3.15. The number of carbonyl (C=O) groups is 1. The average molecular weight is 424 g/mol. The molecule has 4 rings (SSSR count). The van der Waals surface area contributed by atoms with E-state index in [4.69, 9.17) is 4.42 Å². The number of amides is 1. The number of thioether (sulfide) groups is 1. The second-order valence-electron chi connectivity index (χ2n) is 6.53. The van der Waals surface area contributed by atoms with Crippen LogP contribution in [-0.2, 0) is 5.75 Å². The van der Waals surface area contributed by atoms with Gasteiger partial charge in [-0.3, -0.25) is 14.9 Å². The van der Waals surface area contributed by atoms with Gasteiger partial charge in [-0.15, -0.1) is 10.2 Å². The van der Waals surface area contributed by atoms with Gasteiger partial charge < -0.3 is 4.42 Å². The monoisotopic (exact) mass is 423 g/mol. The van der Waals surface area contributed by atoms with Crippen molar-refractivity contribution in [2.75, 3.05) is 5.32 Å². The first kappa shape index (κ1) is 19.4. The number of carbonyl (C=O) groups excluding carboxylic acids is 1. The zero-order valence-corrected chi connectivity index (χ0v) is 17.4. The number of fused-ring (bicyclic) bond motifs is 1. The molecule has 146 valence electrons. The zero-order valence-electron chi connectivity index (χ0n) is 15.8. The molecule has 0 atom stereocenters. The number of nitrogens with zero attached hydrogens (tertiary/aromatic N) is 2. The molecule has 6 nitrogen and oxygen atoms in total. The highest BCUT2D eigenvalue weighted by atomic mass is 32.2. The number of aromatic nitrogens is 2. The predicted molar refractivity (Wildman–Crippen MR) is 116 cm³/mol. The van der Waals surface area contributed by atoms with Crippen LogP contribution in [0.1, 0.15) is 27.2 Å². The van der Waals surface area contributed by atoms with Crippen LogP contribution in [0, 0.1) is 13.8 Å². The summed E-state index contributed by atoms with van der Waals surface area (Å²) in [5.74, 6) is 0.185. The molecule has 1 amide bonds. The van der Waals surface area contributed by atoms with Crippen LogP contribution in [0.5, 0.6) is 0 Å². The molecule has 0 aliphatic heterocycles. The number of hydrogen-bond donors (Lipinski definition) is 1. The van der Waals surface area contributed by atoms with Gasteiger partial charge in [-0.2, -0.15) is 0 Å². The Balaban J connectivity index is 1.50. The molecule has 2 heterocycles. The molecule has 0 aliphatic carbocycles. The third-order valence-corrected chi connectivity index (χ3v) is 6.26. The van der Waals surface area contributed by atoms with Crippen molar-refractivity contribution in [1.29, 1.82) is 0 Å². The Morgan fingerprint density at radius 3 is 2.72 bits per heavy atom. The lowest BCUT2D eigenvalue weighted by molar-refractivity contribution is 0.0997. The molecule has 2 aromatic carbocycles. The molecule has 0 aliphatic rings. The first-order chi connectivity index (χ1) is 14.0. The van der Waals surface area contributed by atoms with E-state index in [2.05, 4.69) is 15.5 Å². The van der Waals surface area contributed by atoms with Crippen LogP contribution in [0.4, 0.5) is 5.13 Å². The second kappa shape index (κ2) is 8.18. The van der Waals surface area contributed by atoms with Gasteiger partial charge in [0.1, 0.15) is 5.58 Å². The summed E-state index contributed by atoms with van der Waals surface area (Å²) in [4.78, 5) is 25.0. The molecule has 0 saturated heterocycles. The van der Waals surface area contributed by atoms with Crippen molar-refractivity contribution in [3.8, 4) is 0 Å². The number of anilines is 1. The number of aryl methyl sites for hydroxylation is 2. The van der Waals surface area contributed by atoms with Crippen molar-refractivity contribution in [2.45, 2.75) is 23.9 Å². The van der Waals surface area contributed by atoms with E-state index in [0.717, 1.165) is 21.2 Å². The Morgan fingerprint density at radius 2 is 1.93 bits per heavy atom. The summed E-state index contributed by atoms with van der Waals surface area (Å²) in [6, 6.07) is 14.9. The fourth-order valence-electron chi connectivity index (χ4n) is 2.92. The third-order valence-electron chi connectivity index (χ3n) is 4.21. The summed E-state index contributed by atoms with van der Waals surface area (Å²) >= 11 is 2.82. The number of benzene rings is 2. The highest BCUT2D eigenvalue weighted by Crippen LogP contribution is 2.28. The van der Waals surface area contributed by atoms with E-state index in [1.165, 1.54) is 23.0 Å². The van der Waals surface area contributed by atoms with E-state index in [1.54, 1.807) is 17.8 Å². The summed E-state index contributed by atoms with van der Waals surface area (Å²) in [7, 11) is 0. The lowest BCUT2D eigenvalue weighted by atomic mass is 10.1. The molecule has 0 bridgehead atoms. The lowest BCUT2D eigenvalue weighted by Crippen LogP contribution is -2.15. The van der Waals surface area contributed by atoms with E-state index in [-0.39, 0.29) is 11.2 Å². The summed E-state index contributed by atoms with van der Waals surface area (Å²) in [5, 5.41) is 11.6. The predicted octanol–water partition coefficient (Wildman–Crippen LogP) is 4.81. The van der Waals surface area contributed by atoms with E-state index >= 15 is 0 Å². The van der Waals surface area contributed by atoms with Crippen molar-refractivity contribution >= 4 is 45.1 Å². The summed E-state index contributed by atoms with van der Waals surface area (Å²) in [6.07, 6.45) is 0. The highest BCUT2D eigenvalue weighted by molar-refractivity contribution is 8.00. The van der Waals surface area contributed by atoms with Crippen molar-refractivity contribution in [1.82, 2.24) is 10.2 Å². The van der Waals surface area contributed by atoms with Crippen LogP contribution in [0.3, 0.4) is 0 Å². The molecular formula is C21H17N3O3S2. The largest absolute Gasteiger partial charge is 0.450 e. The first-order valence-corrected chi connectivity index (χ1v) is 10.7. The molecule has 4 aromatic rings. The molecule has 2 aromatic heterocycles. The Hall–Kier alpha value is -2.97. The minimum absolute atomic E-state index is 0.0526. The summed E-state index contributed by atoms with van der Waals surface area (Å²) in [5.41, 5.74) is 3.13. The molecule has 0 radical (unpaired) electrons. The standard InChI is InChI=1S/C21H17N3O3S2/c1-12-8-13(2)18-15(9-12)16(25)10-17(27-18)19(26)22-20-23-24-21(29-20)28-11-14-6-4-3-5-7-14/h3-10H,11H2,1-2H3,(H,22,23,26). The van der Waals surface area contributed by atoms with Crippen molar-refractivity contribution in [2.24, 2.45) is 0 Å². The highest BCUT2D eigenvalue weighted by Gasteiger charge is 2.16. The summed E-state index contributed by atoms with van der Waals surface area (Å²) in [6.45, 7) is 3.76. The molecule has 1 N–H and O–H groups in total. The smallest absolute Gasteiger partial charge is 0.293 e. The van der Waals surface area contributed by atoms with Crippen molar-refractivity contribution < 1.29 is 9.21 Å². The fraction of sp³-hybridized carbons (Fsp3) is 0.143. The van der Waals surface area contributed by atoms with E-state index in [0.29, 0.717) is 16.1 Å². The van der Waals surface area contributed by atoms with Crippen LogP contribution in [0.25, 0.3) is 11.0 Å². The quantitative estimate of drug-likeness (QED) is 0.366. The molecular weight excluding hydrogens is 406 g/mol. The molecule has 0 fully saturated rings. The van der Waals surface area contributed by atoms with Gasteiger partial charge in [0.25, 0.3) is 5.91 Å². The van der Waals surface area contributed by atoms with Gasteiger partial charge in [0.2, 0.25) is 5.13 Å². The maximum absolute atomic E-state index is 12.6. The zero-order chi connectivity index (χ0) is 20.4. The molecule has 29 heavy (non-hydrogen) atoms. The van der Waals surface area contributed by atoms with Crippen LogP contribution in [-0.4, -0.2) is 16.1 Å². The van der Waals surface area contributed by atoms with Crippen LogP contribution in [0.2, 0.25) is 0 Å². The maximum atomic E-state index is 12.6. The van der Waals surface area contributed by atoms with Crippen molar-refractivity contribution in [3.05, 3.63) is 81.2 Å². The fourth-order valence-corrected chi connectivity index (χ4v) is 4.62. The van der Waals surface area contributed by atoms with Crippen molar-refractivity contribution in [3.63, 3.8) is 0 Å². The Bertz CT molecular complexity index is 1250. The van der Waals surface area contributed by atoms with E-state index in [9.17, 15) is 9.59 Å². The SMILES string of the molecule is Cc1cc(C)c2oc(C(=O)Nc3nnc(SCc4ccccc4)s3)cc(=O)c2c1. The maximum Gasteiger partial charge on any atom is 0.293 e. The number of nitrogens with one attached hydrogen (secondary N) is 1. The van der Waals surface area contributed by atoms with Gasteiger partial charge in [-0.05, 0) is 36.6 Å². The van der Waals surface area contributed by atoms with E-state index in [1.807, 2.05) is 50.2 Å². The number of hydrogen-bond acceptors (Lipinski definition) is 7. The second-order valence-corrected chi connectivity index (χ2v) is 8.73. The molecule has 0 spiro atoms. The van der Waals surface area contributed by atoms with Gasteiger partial charge in [0.15, 0.2) is 15.5 Å². The number of rotatable bonds is 5. The van der Waals surface area contributed by atoms with Gasteiger partial charge in [0, 0.05) is 11.8 Å². The van der Waals surface area contributed by atoms with Crippen LogP contribution >= 0.6 is 23.1 Å². The van der Waals surface area contributed by atoms with Gasteiger partial charge in [0.05, 0.1) is 5.39 Å².